The lowest BCUT2D eigenvalue weighted by molar-refractivity contribution is -0.121. The number of hydrogen-bond acceptors (Lipinski definition) is 6. The average molecular weight is 536 g/mol. The summed E-state index contributed by atoms with van der Waals surface area (Å²) in [6, 6.07) is 22.2. The molecule has 6 N–H and O–H groups in total. The number of carbonyl (C=O) groups is 2. The molecule has 0 saturated carbocycles. The van der Waals surface area contributed by atoms with Crippen molar-refractivity contribution < 1.29 is 9.59 Å². The number of nitrogen functional groups attached to an aromatic ring is 1. The molecule has 0 bridgehead atoms. The van der Waals surface area contributed by atoms with E-state index in [4.69, 9.17) is 11.5 Å². The van der Waals surface area contributed by atoms with Gasteiger partial charge in [0.1, 0.15) is 12.2 Å². The maximum atomic E-state index is 13.6. The molecule has 5 rings (SSSR count). The van der Waals surface area contributed by atoms with Crippen molar-refractivity contribution in [3.05, 3.63) is 112 Å². The maximum absolute atomic E-state index is 13.6. The second kappa shape index (κ2) is 11.6. The van der Waals surface area contributed by atoms with Crippen molar-refractivity contribution in [2.24, 2.45) is 5.73 Å². The SMILES string of the molecule is NC(=O)c1cccc(-c2cnc(CCCc3ccccc3)c(=O)n2CC(=O)NCc2ccc3nc(N)[nH]c3c2)c1. The zero-order valence-corrected chi connectivity index (χ0v) is 21.8. The molecule has 0 radical (unpaired) electrons. The summed E-state index contributed by atoms with van der Waals surface area (Å²) in [5.74, 6) is -0.615. The molecule has 0 fully saturated rings. The highest BCUT2D eigenvalue weighted by Crippen LogP contribution is 2.20. The zero-order valence-electron chi connectivity index (χ0n) is 21.8. The van der Waals surface area contributed by atoms with Gasteiger partial charge in [-0.1, -0.05) is 48.5 Å². The number of aromatic nitrogens is 4. The summed E-state index contributed by atoms with van der Waals surface area (Å²) in [5.41, 5.74) is 16.0. The normalized spacial score (nSPS) is 11.0. The molecule has 0 aliphatic rings. The highest BCUT2D eigenvalue weighted by molar-refractivity contribution is 5.94. The van der Waals surface area contributed by atoms with Crippen LogP contribution >= 0.6 is 0 Å². The molecule has 2 heterocycles. The van der Waals surface area contributed by atoms with Gasteiger partial charge in [0.15, 0.2) is 5.95 Å². The van der Waals surface area contributed by atoms with E-state index in [1.165, 1.54) is 10.1 Å². The van der Waals surface area contributed by atoms with E-state index in [1.54, 1.807) is 30.5 Å². The predicted molar refractivity (Wildman–Crippen MR) is 153 cm³/mol. The minimum Gasteiger partial charge on any atom is -0.369 e. The Hall–Kier alpha value is -5.25. The van der Waals surface area contributed by atoms with Gasteiger partial charge in [-0.05, 0) is 54.7 Å². The number of nitrogens with one attached hydrogen (secondary N) is 2. The number of amides is 2. The van der Waals surface area contributed by atoms with Crippen LogP contribution in [0, 0.1) is 0 Å². The van der Waals surface area contributed by atoms with Crippen LogP contribution in [0.2, 0.25) is 0 Å². The van der Waals surface area contributed by atoms with Crippen molar-refractivity contribution in [1.29, 1.82) is 0 Å². The molecular formula is C30H29N7O3. The van der Waals surface area contributed by atoms with Crippen molar-refractivity contribution in [3.8, 4) is 11.3 Å². The van der Waals surface area contributed by atoms with Crippen LogP contribution in [0.15, 0.2) is 83.8 Å². The molecular weight excluding hydrogens is 506 g/mol. The minimum absolute atomic E-state index is 0.220. The van der Waals surface area contributed by atoms with Crippen molar-refractivity contribution in [1.82, 2.24) is 24.8 Å². The molecule has 0 saturated heterocycles. The number of imidazole rings is 1. The van der Waals surface area contributed by atoms with E-state index in [9.17, 15) is 14.4 Å². The third kappa shape index (κ3) is 6.07. The number of nitrogens with two attached hydrogens (primary N) is 2. The van der Waals surface area contributed by atoms with Gasteiger partial charge in [0.2, 0.25) is 11.8 Å². The number of carbonyl (C=O) groups excluding carboxylic acids is 2. The molecule has 0 spiro atoms. The van der Waals surface area contributed by atoms with Gasteiger partial charge in [0.05, 0.1) is 22.9 Å². The lowest BCUT2D eigenvalue weighted by Gasteiger charge is -2.15. The highest BCUT2D eigenvalue weighted by atomic mass is 16.2. The Labute approximate surface area is 230 Å². The Morgan fingerprint density at radius 2 is 1.77 bits per heavy atom. The molecule has 202 valence electrons. The molecule has 0 aliphatic carbocycles. The number of hydrogen-bond donors (Lipinski definition) is 4. The molecule has 0 atom stereocenters. The summed E-state index contributed by atoms with van der Waals surface area (Å²) in [6.07, 6.45) is 3.57. The van der Waals surface area contributed by atoms with Crippen LogP contribution in [-0.2, 0) is 30.7 Å². The Bertz CT molecular complexity index is 1740. The predicted octanol–water partition coefficient (Wildman–Crippen LogP) is 2.96. The topological polar surface area (TPSA) is 162 Å². The minimum atomic E-state index is -0.588. The molecule has 3 aromatic carbocycles. The zero-order chi connectivity index (χ0) is 28.1. The van der Waals surface area contributed by atoms with Crippen molar-refractivity contribution in [3.63, 3.8) is 0 Å². The van der Waals surface area contributed by atoms with E-state index in [0.717, 1.165) is 29.4 Å². The van der Waals surface area contributed by atoms with Crippen molar-refractivity contribution >= 4 is 28.8 Å². The van der Waals surface area contributed by atoms with Crippen LogP contribution < -0.4 is 22.3 Å². The highest BCUT2D eigenvalue weighted by Gasteiger charge is 2.16. The fourth-order valence-electron chi connectivity index (χ4n) is 4.61. The third-order valence-electron chi connectivity index (χ3n) is 6.65. The number of H-pyrrole nitrogens is 1. The first-order chi connectivity index (χ1) is 19.4. The summed E-state index contributed by atoms with van der Waals surface area (Å²) < 4.78 is 1.40. The number of fused-ring (bicyclic) bond motifs is 1. The van der Waals surface area contributed by atoms with Crippen LogP contribution in [0.4, 0.5) is 5.95 Å². The van der Waals surface area contributed by atoms with Gasteiger partial charge in [-0.2, -0.15) is 0 Å². The van der Waals surface area contributed by atoms with Crippen molar-refractivity contribution in [2.75, 3.05) is 5.73 Å². The van der Waals surface area contributed by atoms with E-state index in [0.29, 0.717) is 34.9 Å². The Kier molecular flexibility index (Phi) is 7.68. The smallest absolute Gasteiger partial charge is 0.273 e. The summed E-state index contributed by atoms with van der Waals surface area (Å²) in [6.45, 7) is 0.0341. The van der Waals surface area contributed by atoms with Gasteiger partial charge >= 0.3 is 0 Å². The molecule has 40 heavy (non-hydrogen) atoms. The first kappa shape index (κ1) is 26.4. The van der Waals surface area contributed by atoms with Crippen molar-refractivity contribution in [2.45, 2.75) is 32.4 Å². The number of anilines is 1. The van der Waals surface area contributed by atoms with Gasteiger partial charge in [0.25, 0.3) is 5.56 Å². The number of benzene rings is 3. The van der Waals surface area contributed by atoms with E-state index >= 15 is 0 Å². The molecule has 5 aromatic rings. The fraction of sp³-hybridized carbons (Fsp3) is 0.167. The van der Waals surface area contributed by atoms with Crippen LogP contribution in [0.1, 0.15) is 33.6 Å². The number of aryl methyl sites for hydroxylation is 2. The lowest BCUT2D eigenvalue weighted by atomic mass is 10.1. The summed E-state index contributed by atoms with van der Waals surface area (Å²) in [5, 5.41) is 2.88. The second-order valence-corrected chi connectivity index (χ2v) is 9.52. The van der Waals surface area contributed by atoms with Gasteiger partial charge in [0, 0.05) is 17.7 Å². The third-order valence-corrected chi connectivity index (χ3v) is 6.65. The lowest BCUT2D eigenvalue weighted by Crippen LogP contribution is -2.34. The second-order valence-electron chi connectivity index (χ2n) is 9.52. The van der Waals surface area contributed by atoms with Crippen LogP contribution in [0.25, 0.3) is 22.3 Å². The molecule has 0 aliphatic heterocycles. The standard InChI is InChI=1S/C30H29N7O3/c31-28(39)22-10-5-9-21(15-22)26-17-33-24(11-4-8-19-6-2-1-3-7-19)29(40)37(26)18-27(38)34-16-20-12-13-23-25(14-20)36-30(32)35-23/h1-3,5-7,9-10,12-15,17H,4,8,11,16,18H2,(H2,31,39)(H,34,38)(H3,32,35,36). The van der Waals surface area contributed by atoms with E-state index < -0.39 is 5.91 Å². The molecule has 0 unspecified atom stereocenters. The quantitative estimate of drug-likeness (QED) is 0.215. The Morgan fingerprint density at radius 3 is 2.58 bits per heavy atom. The van der Waals surface area contributed by atoms with Crippen LogP contribution in [0.5, 0.6) is 0 Å². The van der Waals surface area contributed by atoms with Gasteiger partial charge in [-0.15, -0.1) is 0 Å². The number of nitrogens with zero attached hydrogens (tertiary/aromatic N) is 3. The van der Waals surface area contributed by atoms with E-state index in [1.807, 2.05) is 48.5 Å². The molecule has 2 amide bonds. The van der Waals surface area contributed by atoms with Gasteiger partial charge < -0.3 is 21.8 Å². The number of primary amides is 1. The van der Waals surface area contributed by atoms with Gasteiger partial charge in [-0.25, -0.2) is 4.98 Å². The van der Waals surface area contributed by atoms with E-state index in [-0.39, 0.29) is 24.6 Å². The number of rotatable bonds is 10. The first-order valence-electron chi connectivity index (χ1n) is 12.9. The fourth-order valence-corrected chi connectivity index (χ4v) is 4.61. The monoisotopic (exact) mass is 535 g/mol. The summed E-state index contributed by atoms with van der Waals surface area (Å²) >= 11 is 0. The Morgan fingerprint density at radius 1 is 0.950 bits per heavy atom. The summed E-state index contributed by atoms with van der Waals surface area (Å²) in [7, 11) is 0. The largest absolute Gasteiger partial charge is 0.369 e. The summed E-state index contributed by atoms with van der Waals surface area (Å²) in [4.78, 5) is 50.0. The maximum Gasteiger partial charge on any atom is 0.273 e. The van der Waals surface area contributed by atoms with Crippen LogP contribution in [-0.4, -0.2) is 31.3 Å². The van der Waals surface area contributed by atoms with Gasteiger partial charge in [-0.3, -0.25) is 23.9 Å². The molecule has 10 heteroatoms. The molecule has 10 nitrogen and oxygen atoms in total. The Balaban J connectivity index is 1.38. The van der Waals surface area contributed by atoms with Crippen LogP contribution in [0.3, 0.4) is 0 Å². The number of aromatic amines is 1. The molecule has 2 aromatic heterocycles. The first-order valence-corrected chi connectivity index (χ1v) is 12.9. The van der Waals surface area contributed by atoms with E-state index in [2.05, 4.69) is 20.3 Å². The average Bonchev–Trinajstić information content (AvgIpc) is 3.33.